The van der Waals surface area contributed by atoms with Crippen LogP contribution < -0.4 is 0 Å². The number of pyridine rings is 1. The van der Waals surface area contributed by atoms with Crippen molar-refractivity contribution in [2.24, 2.45) is 0 Å². The van der Waals surface area contributed by atoms with E-state index in [-0.39, 0.29) is 0 Å². The number of benzene rings is 8. The van der Waals surface area contributed by atoms with Gasteiger partial charge in [-0.15, -0.1) is 0 Å². The van der Waals surface area contributed by atoms with E-state index >= 15 is 0 Å². The molecule has 2 atom stereocenters. The van der Waals surface area contributed by atoms with Crippen molar-refractivity contribution in [1.82, 2.24) is 4.98 Å². The summed E-state index contributed by atoms with van der Waals surface area (Å²) in [5, 5.41) is 1.15. The highest BCUT2D eigenvalue weighted by atomic mass is 14.6. The highest BCUT2D eigenvalue weighted by molar-refractivity contribution is 5.95. The Bertz CT molecular complexity index is 2870. The Morgan fingerprint density at radius 2 is 0.759 bits per heavy atom. The average Bonchev–Trinajstić information content (AvgIpc) is 3.57. The number of nitrogens with zero attached hydrogens (tertiary/aromatic N) is 1. The van der Waals surface area contributed by atoms with Crippen molar-refractivity contribution in [3.05, 3.63) is 257 Å². The smallest absolute Gasteiger partial charge is 0.0780 e. The van der Waals surface area contributed by atoms with Gasteiger partial charge in [0.2, 0.25) is 0 Å². The summed E-state index contributed by atoms with van der Waals surface area (Å²) in [4.78, 5) is 4.76. The van der Waals surface area contributed by atoms with Gasteiger partial charge in [0.25, 0.3) is 0 Å². The van der Waals surface area contributed by atoms with Gasteiger partial charge in [0.1, 0.15) is 0 Å². The van der Waals surface area contributed by atoms with E-state index in [9.17, 15) is 0 Å². The van der Waals surface area contributed by atoms with Crippen LogP contribution in [-0.2, 0) is 10.8 Å². The van der Waals surface area contributed by atoms with Crippen LogP contribution in [0.2, 0.25) is 0 Å². The highest BCUT2D eigenvalue weighted by Gasteiger charge is 2.57. The quantitative estimate of drug-likeness (QED) is 0.176. The van der Waals surface area contributed by atoms with E-state index in [2.05, 4.69) is 200 Å². The number of fused-ring (bicyclic) bond motifs is 6. The molecule has 1 heteroatoms. The molecule has 54 heavy (non-hydrogen) atoms. The standard InChI is InChI=1S/C53H35N/c1-3-18-39(19-4-1)52(45-26-9-7-22-41(45)36-31-33-37(34-32-36)42-24-13-16-38-17-15-35-54-51(38)42)47-28-11-12-29-48(47)53(40-20-5-2-6-21-40)46-27-10-8-23-43(46)44-25-14-30-49(52)50(44)53/h1-35H. The zero-order valence-electron chi connectivity index (χ0n) is 29.7. The van der Waals surface area contributed by atoms with Crippen LogP contribution in [-0.4, -0.2) is 4.98 Å². The lowest BCUT2D eigenvalue weighted by Gasteiger charge is -2.50. The van der Waals surface area contributed by atoms with Gasteiger partial charge in [-0.1, -0.05) is 200 Å². The second-order valence-corrected chi connectivity index (χ2v) is 14.6. The summed E-state index contributed by atoms with van der Waals surface area (Å²) >= 11 is 0. The van der Waals surface area contributed by atoms with Gasteiger partial charge >= 0.3 is 0 Å². The van der Waals surface area contributed by atoms with Gasteiger partial charge in [-0.25, -0.2) is 0 Å². The Labute approximate surface area is 315 Å². The maximum absolute atomic E-state index is 4.76. The molecule has 0 amide bonds. The van der Waals surface area contributed by atoms with Gasteiger partial charge in [0.05, 0.1) is 16.3 Å². The molecular formula is C53H35N. The molecule has 1 aromatic heterocycles. The Morgan fingerprint density at radius 3 is 1.46 bits per heavy atom. The molecule has 252 valence electrons. The fraction of sp³-hybridized carbons (Fsp3) is 0.0377. The van der Waals surface area contributed by atoms with Crippen LogP contribution in [0, 0.1) is 0 Å². The van der Waals surface area contributed by atoms with Crippen LogP contribution in [0.4, 0.5) is 0 Å². The van der Waals surface area contributed by atoms with Crippen molar-refractivity contribution in [3.8, 4) is 33.4 Å². The predicted molar refractivity (Wildman–Crippen MR) is 222 cm³/mol. The van der Waals surface area contributed by atoms with Crippen LogP contribution >= 0.6 is 0 Å². The number of hydrogen-bond acceptors (Lipinski definition) is 1. The van der Waals surface area contributed by atoms with Gasteiger partial charge < -0.3 is 0 Å². The molecule has 2 unspecified atom stereocenters. The third kappa shape index (κ3) is 4.07. The molecule has 0 radical (unpaired) electrons. The van der Waals surface area contributed by atoms with Gasteiger partial charge in [-0.05, 0) is 78.4 Å². The summed E-state index contributed by atoms with van der Waals surface area (Å²) in [7, 11) is 0. The molecule has 1 heterocycles. The molecule has 0 bridgehead atoms. The fourth-order valence-corrected chi connectivity index (χ4v) is 10.1. The highest BCUT2D eigenvalue weighted by Crippen LogP contribution is 2.66. The Hall–Kier alpha value is -6.83. The monoisotopic (exact) mass is 685 g/mol. The number of rotatable bonds is 5. The van der Waals surface area contributed by atoms with Gasteiger partial charge in [0, 0.05) is 17.1 Å². The molecule has 1 nitrogen and oxygen atoms in total. The molecule has 11 rings (SSSR count). The minimum atomic E-state index is -0.613. The van der Waals surface area contributed by atoms with E-state index in [1.54, 1.807) is 0 Å². The second kappa shape index (κ2) is 11.8. The van der Waals surface area contributed by atoms with E-state index < -0.39 is 10.8 Å². The summed E-state index contributed by atoms with van der Waals surface area (Å²) in [6, 6.07) is 76.6. The SMILES string of the molecule is c1ccc(C2(c3ccccc3-c3ccc(-c4cccc5cccnc45)cc3)c3ccccc3C3(c4ccccc4)c4ccccc4-c4cccc2c43)cc1. The minimum Gasteiger partial charge on any atom is -0.256 e. The lowest BCUT2D eigenvalue weighted by atomic mass is 9.51. The fourth-order valence-electron chi connectivity index (χ4n) is 10.1. The molecule has 0 spiro atoms. The zero-order chi connectivity index (χ0) is 35.7. The van der Waals surface area contributed by atoms with Crippen LogP contribution in [0.25, 0.3) is 44.3 Å². The van der Waals surface area contributed by atoms with E-state index in [4.69, 9.17) is 4.98 Å². The lowest BCUT2D eigenvalue weighted by Crippen LogP contribution is -2.44. The minimum absolute atomic E-state index is 0.470. The van der Waals surface area contributed by atoms with Gasteiger partial charge in [-0.3, -0.25) is 4.98 Å². The van der Waals surface area contributed by atoms with E-state index in [0.29, 0.717) is 0 Å². The summed E-state index contributed by atoms with van der Waals surface area (Å²) < 4.78 is 0. The van der Waals surface area contributed by atoms with Crippen molar-refractivity contribution < 1.29 is 0 Å². The number of hydrogen-bond donors (Lipinski definition) is 0. The molecular weight excluding hydrogens is 651 g/mol. The van der Waals surface area contributed by atoms with E-state index in [1.807, 2.05) is 12.3 Å². The third-order valence-corrected chi connectivity index (χ3v) is 12.1. The Morgan fingerprint density at radius 1 is 0.296 bits per heavy atom. The van der Waals surface area contributed by atoms with Crippen molar-refractivity contribution >= 4 is 10.9 Å². The maximum atomic E-state index is 4.76. The van der Waals surface area contributed by atoms with Crippen molar-refractivity contribution in [2.75, 3.05) is 0 Å². The van der Waals surface area contributed by atoms with Crippen molar-refractivity contribution in [3.63, 3.8) is 0 Å². The Kier molecular flexibility index (Phi) is 6.75. The Balaban J connectivity index is 1.23. The average molecular weight is 686 g/mol. The summed E-state index contributed by atoms with van der Waals surface area (Å²) in [6.45, 7) is 0. The number of para-hydroxylation sites is 1. The van der Waals surface area contributed by atoms with Crippen LogP contribution in [0.1, 0.15) is 44.5 Å². The summed E-state index contributed by atoms with van der Waals surface area (Å²) in [5.41, 5.74) is 17.8. The molecule has 0 saturated heterocycles. The second-order valence-electron chi connectivity index (χ2n) is 14.6. The van der Waals surface area contributed by atoms with Gasteiger partial charge in [-0.2, -0.15) is 0 Å². The molecule has 0 saturated carbocycles. The normalized spacial score (nSPS) is 17.8. The van der Waals surface area contributed by atoms with Crippen LogP contribution in [0.15, 0.2) is 212 Å². The first-order valence-electron chi connectivity index (χ1n) is 18.8. The summed E-state index contributed by atoms with van der Waals surface area (Å²) in [5.74, 6) is 0. The van der Waals surface area contributed by atoms with Gasteiger partial charge in [0.15, 0.2) is 0 Å². The number of aromatic nitrogens is 1. The first-order chi connectivity index (χ1) is 26.8. The van der Waals surface area contributed by atoms with E-state index in [1.165, 1.54) is 66.8 Å². The lowest BCUT2D eigenvalue weighted by molar-refractivity contribution is 0.627. The largest absolute Gasteiger partial charge is 0.256 e. The molecule has 0 N–H and O–H groups in total. The first-order valence-corrected chi connectivity index (χ1v) is 18.8. The van der Waals surface area contributed by atoms with Crippen LogP contribution in [0.5, 0.6) is 0 Å². The zero-order valence-corrected chi connectivity index (χ0v) is 29.7. The molecule has 8 aromatic carbocycles. The molecule has 0 aliphatic heterocycles. The van der Waals surface area contributed by atoms with E-state index in [0.717, 1.165) is 22.0 Å². The summed E-state index contributed by atoms with van der Waals surface area (Å²) in [6.07, 6.45) is 1.88. The topological polar surface area (TPSA) is 12.9 Å². The van der Waals surface area contributed by atoms with Crippen molar-refractivity contribution in [2.45, 2.75) is 10.8 Å². The first kappa shape index (κ1) is 30.8. The predicted octanol–water partition coefficient (Wildman–Crippen LogP) is 12.6. The van der Waals surface area contributed by atoms with Crippen molar-refractivity contribution in [1.29, 1.82) is 0 Å². The maximum Gasteiger partial charge on any atom is 0.0780 e. The molecule has 9 aromatic rings. The van der Waals surface area contributed by atoms with Crippen LogP contribution in [0.3, 0.4) is 0 Å². The molecule has 2 aliphatic carbocycles. The molecule has 0 fully saturated rings. The molecule has 2 aliphatic rings. The third-order valence-electron chi connectivity index (χ3n) is 12.1.